The van der Waals surface area contributed by atoms with E-state index in [1.807, 2.05) is 0 Å². The Morgan fingerprint density at radius 3 is 2.50 bits per heavy atom. The predicted octanol–water partition coefficient (Wildman–Crippen LogP) is 1.81. The molecule has 98 valence electrons. The summed E-state index contributed by atoms with van der Waals surface area (Å²) in [5.41, 5.74) is 2.93. The molecule has 0 radical (unpaired) electrons. The van der Waals surface area contributed by atoms with E-state index >= 15 is 0 Å². The van der Waals surface area contributed by atoms with Crippen LogP contribution in [0.2, 0.25) is 0 Å². The first-order chi connectivity index (χ1) is 8.41. The highest BCUT2D eigenvalue weighted by molar-refractivity contribution is 9.10. The predicted molar refractivity (Wildman–Crippen MR) is 69.5 cm³/mol. The highest BCUT2D eigenvalue weighted by Gasteiger charge is 2.14. The number of rotatable bonds is 0. The molecule has 0 saturated heterocycles. The number of carbonyl (C=O) groups is 2. The first-order valence-electron chi connectivity index (χ1n) is 5.39. The van der Waals surface area contributed by atoms with Crippen molar-refractivity contribution in [1.82, 2.24) is 5.32 Å². The largest absolute Gasteiger partial charge is 0.473 e. The van der Waals surface area contributed by atoms with E-state index in [0.717, 1.165) is 13.0 Å². The fourth-order valence-corrected chi connectivity index (χ4v) is 2.11. The Hall–Kier alpha value is -1.40. The van der Waals surface area contributed by atoms with Gasteiger partial charge in [-0.25, -0.2) is 9.59 Å². The summed E-state index contributed by atoms with van der Waals surface area (Å²) in [5.74, 6) is -3.65. The zero-order chi connectivity index (χ0) is 13.7. The second-order valence-corrected chi connectivity index (χ2v) is 4.79. The smallest absolute Gasteiger partial charge is 0.414 e. The number of hydrogen-bond donors (Lipinski definition) is 3. The van der Waals surface area contributed by atoms with Crippen LogP contribution < -0.4 is 5.32 Å². The standard InChI is InChI=1S/C10H12BrN.C2H2O4/c1-7-10-6-9(11)3-2-8(10)4-5-12-7;3-1(4)2(5)6/h2-3,6-7,12H,4-5H2,1H3;(H,3,4)(H,5,6). The molecule has 1 aromatic carbocycles. The van der Waals surface area contributed by atoms with Crippen molar-refractivity contribution in [3.63, 3.8) is 0 Å². The minimum absolute atomic E-state index is 0.506. The zero-order valence-corrected chi connectivity index (χ0v) is 11.4. The van der Waals surface area contributed by atoms with Crippen molar-refractivity contribution >= 4 is 27.9 Å². The van der Waals surface area contributed by atoms with E-state index in [4.69, 9.17) is 19.8 Å². The van der Waals surface area contributed by atoms with Gasteiger partial charge in [-0.15, -0.1) is 0 Å². The molecule has 1 heterocycles. The lowest BCUT2D eigenvalue weighted by molar-refractivity contribution is -0.159. The Kier molecular flexibility index (Phi) is 5.30. The molecule has 2 rings (SSSR count). The number of aliphatic carboxylic acids is 2. The maximum atomic E-state index is 9.10. The number of benzene rings is 1. The third kappa shape index (κ3) is 4.12. The zero-order valence-electron chi connectivity index (χ0n) is 9.81. The molecular formula is C12H14BrNO4. The number of carboxylic acids is 2. The van der Waals surface area contributed by atoms with Crippen molar-refractivity contribution in [2.24, 2.45) is 0 Å². The van der Waals surface area contributed by atoms with Crippen LogP contribution in [-0.2, 0) is 16.0 Å². The summed E-state index contributed by atoms with van der Waals surface area (Å²) in [7, 11) is 0. The van der Waals surface area contributed by atoms with Crippen LogP contribution in [0.15, 0.2) is 22.7 Å². The molecular weight excluding hydrogens is 302 g/mol. The van der Waals surface area contributed by atoms with Gasteiger partial charge in [0.25, 0.3) is 0 Å². The van der Waals surface area contributed by atoms with Gasteiger partial charge in [0.15, 0.2) is 0 Å². The third-order valence-electron chi connectivity index (χ3n) is 2.60. The number of nitrogens with one attached hydrogen (secondary N) is 1. The fraction of sp³-hybridized carbons (Fsp3) is 0.333. The van der Waals surface area contributed by atoms with Gasteiger partial charge in [-0.2, -0.15) is 0 Å². The van der Waals surface area contributed by atoms with Gasteiger partial charge in [-0.3, -0.25) is 0 Å². The maximum Gasteiger partial charge on any atom is 0.414 e. The summed E-state index contributed by atoms with van der Waals surface area (Å²) >= 11 is 3.49. The highest BCUT2D eigenvalue weighted by atomic mass is 79.9. The van der Waals surface area contributed by atoms with E-state index in [1.165, 1.54) is 15.6 Å². The van der Waals surface area contributed by atoms with Crippen molar-refractivity contribution in [1.29, 1.82) is 0 Å². The molecule has 0 bridgehead atoms. The fourth-order valence-electron chi connectivity index (χ4n) is 1.73. The molecule has 0 aromatic heterocycles. The van der Waals surface area contributed by atoms with E-state index in [-0.39, 0.29) is 0 Å². The van der Waals surface area contributed by atoms with E-state index in [2.05, 4.69) is 46.4 Å². The summed E-state index contributed by atoms with van der Waals surface area (Å²) in [6.07, 6.45) is 1.16. The van der Waals surface area contributed by atoms with Crippen LogP contribution in [0.4, 0.5) is 0 Å². The van der Waals surface area contributed by atoms with Crippen LogP contribution in [0.1, 0.15) is 24.1 Å². The van der Waals surface area contributed by atoms with Crippen molar-refractivity contribution < 1.29 is 19.8 Å². The van der Waals surface area contributed by atoms with Crippen molar-refractivity contribution in [3.8, 4) is 0 Å². The normalized spacial score (nSPS) is 17.1. The Balaban J connectivity index is 0.000000232. The molecule has 1 aliphatic rings. The van der Waals surface area contributed by atoms with E-state index in [9.17, 15) is 0 Å². The molecule has 1 aliphatic heterocycles. The second-order valence-electron chi connectivity index (χ2n) is 3.88. The SMILES string of the molecule is CC1NCCc2ccc(Br)cc21.O=C(O)C(=O)O. The second kappa shape index (κ2) is 6.51. The summed E-state index contributed by atoms with van der Waals surface area (Å²) in [6.45, 7) is 3.32. The summed E-state index contributed by atoms with van der Waals surface area (Å²) < 4.78 is 1.18. The summed E-state index contributed by atoms with van der Waals surface area (Å²) in [6, 6.07) is 7.06. The van der Waals surface area contributed by atoms with Gasteiger partial charge in [0.1, 0.15) is 0 Å². The Bertz CT molecular complexity index is 449. The van der Waals surface area contributed by atoms with Gasteiger partial charge in [0.2, 0.25) is 0 Å². The van der Waals surface area contributed by atoms with E-state index in [1.54, 1.807) is 0 Å². The van der Waals surface area contributed by atoms with Crippen LogP contribution in [0.5, 0.6) is 0 Å². The van der Waals surface area contributed by atoms with Crippen molar-refractivity contribution in [3.05, 3.63) is 33.8 Å². The lowest BCUT2D eigenvalue weighted by Crippen LogP contribution is -2.27. The van der Waals surface area contributed by atoms with Gasteiger partial charge >= 0.3 is 11.9 Å². The first-order valence-corrected chi connectivity index (χ1v) is 6.19. The Morgan fingerprint density at radius 2 is 1.94 bits per heavy atom. The minimum atomic E-state index is -1.82. The Labute approximate surface area is 113 Å². The van der Waals surface area contributed by atoms with Gasteiger partial charge in [-0.05, 0) is 43.1 Å². The molecule has 18 heavy (non-hydrogen) atoms. The lowest BCUT2D eigenvalue weighted by Gasteiger charge is -2.23. The number of halogens is 1. The molecule has 5 nitrogen and oxygen atoms in total. The van der Waals surface area contributed by atoms with E-state index < -0.39 is 11.9 Å². The van der Waals surface area contributed by atoms with Crippen molar-refractivity contribution in [2.45, 2.75) is 19.4 Å². The molecule has 0 spiro atoms. The van der Waals surface area contributed by atoms with Gasteiger partial charge < -0.3 is 15.5 Å². The molecule has 0 saturated carbocycles. The summed E-state index contributed by atoms with van der Waals surface area (Å²) in [4.78, 5) is 18.2. The van der Waals surface area contributed by atoms with Crippen LogP contribution >= 0.6 is 15.9 Å². The summed E-state index contributed by atoms with van der Waals surface area (Å²) in [5, 5.41) is 18.2. The number of hydrogen-bond acceptors (Lipinski definition) is 3. The maximum absolute atomic E-state index is 9.10. The van der Waals surface area contributed by atoms with Crippen LogP contribution in [-0.4, -0.2) is 28.7 Å². The third-order valence-corrected chi connectivity index (χ3v) is 3.10. The molecule has 1 atom stereocenters. The molecule has 6 heteroatoms. The van der Waals surface area contributed by atoms with E-state index in [0.29, 0.717) is 6.04 Å². The first kappa shape index (κ1) is 14.7. The lowest BCUT2D eigenvalue weighted by atomic mass is 9.96. The van der Waals surface area contributed by atoms with Gasteiger partial charge in [-0.1, -0.05) is 22.0 Å². The molecule has 3 N–H and O–H groups in total. The van der Waals surface area contributed by atoms with Crippen LogP contribution in [0.3, 0.4) is 0 Å². The number of fused-ring (bicyclic) bond motifs is 1. The number of carboxylic acid groups (broad SMARTS) is 2. The van der Waals surface area contributed by atoms with Crippen molar-refractivity contribution in [2.75, 3.05) is 6.54 Å². The molecule has 0 fully saturated rings. The molecule has 0 aliphatic carbocycles. The minimum Gasteiger partial charge on any atom is -0.473 e. The van der Waals surface area contributed by atoms with Crippen LogP contribution in [0.25, 0.3) is 0 Å². The highest BCUT2D eigenvalue weighted by Crippen LogP contribution is 2.25. The van der Waals surface area contributed by atoms with Crippen LogP contribution in [0, 0.1) is 0 Å². The average molecular weight is 316 g/mol. The van der Waals surface area contributed by atoms with Gasteiger partial charge in [0.05, 0.1) is 0 Å². The van der Waals surface area contributed by atoms with Gasteiger partial charge in [0, 0.05) is 10.5 Å². The molecule has 1 aromatic rings. The molecule has 0 amide bonds. The molecule has 1 unspecified atom stereocenters. The average Bonchev–Trinajstić information content (AvgIpc) is 2.31. The monoisotopic (exact) mass is 315 g/mol. The quantitative estimate of drug-likeness (QED) is 0.636. The topological polar surface area (TPSA) is 86.6 Å². The Morgan fingerprint density at radius 1 is 1.33 bits per heavy atom.